The first-order valence-electron chi connectivity index (χ1n) is 12.6. The summed E-state index contributed by atoms with van der Waals surface area (Å²) in [5, 5.41) is 2.94. The Labute approximate surface area is 234 Å². The number of sulfonamides is 1. The molecule has 0 heterocycles. The van der Waals surface area contributed by atoms with Crippen LogP contribution in [0.15, 0.2) is 94.3 Å². The van der Waals surface area contributed by atoms with Crippen LogP contribution in [0.1, 0.15) is 32.8 Å². The Hall–Kier alpha value is -3.17. The first kappa shape index (κ1) is 29.4. The van der Waals surface area contributed by atoms with Gasteiger partial charge in [0.05, 0.1) is 10.6 Å². The lowest BCUT2D eigenvalue weighted by Crippen LogP contribution is -2.53. The molecule has 2 amide bonds. The molecule has 1 N–H and O–H groups in total. The molecule has 3 aromatic rings. The van der Waals surface area contributed by atoms with Gasteiger partial charge in [-0.1, -0.05) is 77.5 Å². The zero-order chi connectivity index (χ0) is 27.7. The molecule has 3 rings (SSSR count). The number of halogens is 1. The molecule has 0 aliphatic rings. The SMILES string of the molecule is CC[C@@H](C)NC(=O)[C@@H](C)N(CCc1ccccc1)C(=O)CN(c1cccc(Br)c1)S(=O)(=O)c1ccccc1. The van der Waals surface area contributed by atoms with E-state index in [-0.39, 0.29) is 23.4 Å². The summed E-state index contributed by atoms with van der Waals surface area (Å²) in [5.41, 5.74) is 1.36. The van der Waals surface area contributed by atoms with Crippen molar-refractivity contribution in [2.75, 3.05) is 17.4 Å². The molecule has 2 atom stereocenters. The molecule has 0 aliphatic carbocycles. The van der Waals surface area contributed by atoms with Gasteiger partial charge >= 0.3 is 0 Å². The second-order valence-electron chi connectivity index (χ2n) is 9.12. The van der Waals surface area contributed by atoms with Gasteiger partial charge in [-0.05, 0) is 62.6 Å². The number of nitrogens with zero attached hydrogens (tertiary/aromatic N) is 2. The van der Waals surface area contributed by atoms with Crippen molar-refractivity contribution in [3.05, 3.63) is 95.0 Å². The van der Waals surface area contributed by atoms with E-state index in [9.17, 15) is 18.0 Å². The van der Waals surface area contributed by atoms with Crippen molar-refractivity contribution in [3.8, 4) is 0 Å². The van der Waals surface area contributed by atoms with Crippen LogP contribution in [0.25, 0.3) is 0 Å². The van der Waals surface area contributed by atoms with Crippen LogP contribution < -0.4 is 9.62 Å². The largest absolute Gasteiger partial charge is 0.352 e. The molecule has 0 radical (unpaired) electrons. The predicted molar refractivity (Wildman–Crippen MR) is 154 cm³/mol. The van der Waals surface area contributed by atoms with Crippen molar-refractivity contribution in [1.29, 1.82) is 0 Å². The first-order chi connectivity index (χ1) is 18.1. The van der Waals surface area contributed by atoms with Gasteiger partial charge in [0, 0.05) is 17.1 Å². The monoisotopic (exact) mass is 599 g/mol. The minimum Gasteiger partial charge on any atom is -0.352 e. The van der Waals surface area contributed by atoms with Gasteiger partial charge in [0.25, 0.3) is 10.0 Å². The van der Waals surface area contributed by atoms with Crippen LogP contribution in [-0.2, 0) is 26.0 Å². The Kier molecular flexibility index (Phi) is 10.5. The Bertz CT molecular complexity index is 1320. The van der Waals surface area contributed by atoms with E-state index in [2.05, 4.69) is 21.2 Å². The molecule has 38 heavy (non-hydrogen) atoms. The maximum atomic E-state index is 13.8. The number of carbonyl (C=O) groups excluding carboxylic acids is 2. The predicted octanol–water partition coefficient (Wildman–Crippen LogP) is 5.02. The molecule has 0 aliphatic heterocycles. The lowest BCUT2D eigenvalue weighted by atomic mass is 10.1. The molecule has 0 bridgehead atoms. The molecule has 0 saturated heterocycles. The third kappa shape index (κ3) is 7.68. The molecular weight excluding hydrogens is 566 g/mol. The summed E-state index contributed by atoms with van der Waals surface area (Å²) >= 11 is 3.40. The zero-order valence-corrected chi connectivity index (χ0v) is 24.3. The fourth-order valence-electron chi connectivity index (χ4n) is 3.92. The van der Waals surface area contributed by atoms with E-state index in [0.717, 1.165) is 16.3 Å². The lowest BCUT2D eigenvalue weighted by Gasteiger charge is -2.32. The van der Waals surface area contributed by atoms with Gasteiger partial charge in [0.15, 0.2) is 0 Å². The number of rotatable bonds is 12. The van der Waals surface area contributed by atoms with Gasteiger partial charge in [0.1, 0.15) is 12.6 Å². The second kappa shape index (κ2) is 13.6. The number of benzene rings is 3. The summed E-state index contributed by atoms with van der Waals surface area (Å²) < 4.78 is 29.2. The molecule has 0 fully saturated rings. The van der Waals surface area contributed by atoms with E-state index in [1.54, 1.807) is 49.4 Å². The smallest absolute Gasteiger partial charge is 0.264 e. The number of hydrogen-bond donors (Lipinski definition) is 1. The highest BCUT2D eigenvalue weighted by molar-refractivity contribution is 9.10. The lowest BCUT2D eigenvalue weighted by molar-refractivity contribution is -0.139. The van der Waals surface area contributed by atoms with Crippen LogP contribution in [0, 0.1) is 0 Å². The number of carbonyl (C=O) groups is 2. The summed E-state index contributed by atoms with van der Waals surface area (Å²) in [6.45, 7) is 5.36. The summed E-state index contributed by atoms with van der Waals surface area (Å²) in [5.74, 6) is -0.743. The molecule has 202 valence electrons. The van der Waals surface area contributed by atoms with Crippen LogP contribution in [0.2, 0.25) is 0 Å². The average Bonchev–Trinajstić information content (AvgIpc) is 2.92. The van der Waals surface area contributed by atoms with Gasteiger partial charge in [-0.25, -0.2) is 8.42 Å². The summed E-state index contributed by atoms with van der Waals surface area (Å²) in [6, 6.07) is 23.6. The van der Waals surface area contributed by atoms with Gasteiger partial charge in [-0.2, -0.15) is 0 Å². The fourth-order valence-corrected chi connectivity index (χ4v) is 5.73. The fraction of sp³-hybridized carbons (Fsp3) is 0.310. The molecular formula is C29H34BrN3O4S. The van der Waals surface area contributed by atoms with Crippen molar-refractivity contribution < 1.29 is 18.0 Å². The zero-order valence-electron chi connectivity index (χ0n) is 21.9. The highest BCUT2D eigenvalue weighted by Gasteiger charge is 2.32. The van der Waals surface area contributed by atoms with Crippen molar-refractivity contribution in [2.24, 2.45) is 0 Å². The van der Waals surface area contributed by atoms with Crippen molar-refractivity contribution in [3.63, 3.8) is 0 Å². The molecule has 3 aromatic carbocycles. The number of anilines is 1. The molecule has 7 nitrogen and oxygen atoms in total. The van der Waals surface area contributed by atoms with Crippen LogP contribution in [-0.4, -0.2) is 50.3 Å². The van der Waals surface area contributed by atoms with E-state index in [1.165, 1.54) is 17.0 Å². The van der Waals surface area contributed by atoms with Crippen molar-refractivity contribution in [2.45, 2.75) is 50.6 Å². The highest BCUT2D eigenvalue weighted by Crippen LogP contribution is 2.26. The van der Waals surface area contributed by atoms with E-state index < -0.39 is 28.5 Å². The Morgan fingerprint density at radius 1 is 0.921 bits per heavy atom. The van der Waals surface area contributed by atoms with Crippen LogP contribution in [0.5, 0.6) is 0 Å². The summed E-state index contributed by atoms with van der Waals surface area (Å²) in [7, 11) is -4.07. The van der Waals surface area contributed by atoms with Crippen molar-refractivity contribution >= 4 is 43.5 Å². The number of amides is 2. The molecule has 0 spiro atoms. The average molecular weight is 601 g/mol. The Balaban J connectivity index is 1.96. The van der Waals surface area contributed by atoms with E-state index in [0.29, 0.717) is 16.6 Å². The normalized spacial score (nSPS) is 12.8. The third-order valence-electron chi connectivity index (χ3n) is 6.36. The number of hydrogen-bond acceptors (Lipinski definition) is 4. The van der Waals surface area contributed by atoms with E-state index in [4.69, 9.17) is 0 Å². The summed E-state index contributed by atoms with van der Waals surface area (Å²) in [6.07, 6.45) is 1.28. The Morgan fingerprint density at radius 3 is 2.16 bits per heavy atom. The Morgan fingerprint density at radius 2 is 1.55 bits per heavy atom. The van der Waals surface area contributed by atoms with Crippen LogP contribution in [0.3, 0.4) is 0 Å². The van der Waals surface area contributed by atoms with Gasteiger partial charge in [0.2, 0.25) is 11.8 Å². The van der Waals surface area contributed by atoms with Crippen LogP contribution in [0.4, 0.5) is 5.69 Å². The quantitative estimate of drug-likeness (QED) is 0.317. The van der Waals surface area contributed by atoms with Crippen LogP contribution >= 0.6 is 15.9 Å². The topological polar surface area (TPSA) is 86.8 Å². The second-order valence-corrected chi connectivity index (χ2v) is 11.9. The minimum atomic E-state index is -4.07. The van der Waals surface area contributed by atoms with E-state index in [1.807, 2.05) is 44.2 Å². The first-order valence-corrected chi connectivity index (χ1v) is 14.8. The molecule has 9 heteroatoms. The molecule has 0 unspecified atom stereocenters. The molecule has 0 aromatic heterocycles. The third-order valence-corrected chi connectivity index (χ3v) is 8.64. The standard InChI is InChI=1S/C29H34BrN3O4S/c1-4-22(2)31-29(35)23(3)32(19-18-24-12-7-5-8-13-24)28(34)21-33(26-15-11-14-25(30)20-26)38(36,37)27-16-9-6-10-17-27/h5-17,20,22-23H,4,18-19,21H2,1-3H3,(H,31,35)/t22-,23-/m1/s1. The van der Waals surface area contributed by atoms with E-state index >= 15 is 0 Å². The van der Waals surface area contributed by atoms with Gasteiger partial charge < -0.3 is 10.2 Å². The van der Waals surface area contributed by atoms with Gasteiger partial charge in [-0.15, -0.1) is 0 Å². The number of nitrogens with one attached hydrogen (secondary N) is 1. The van der Waals surface area contributed by atoms with Gasteiger partial charge in [-0.3, -0.25) is 13.9 Å². The molecule has 0 saturated carbocycles. The minimum absolute atomic E-state index is 0.0485. The summed E-state index contributed by atoms with van der Waals surface area (Å²) in [4.78, 5) is 28.4. The maximum absolute atomic E-state index is 13.8. The maximum Gasteiger partial charge on any atom is 0.264 e. The highest BCUT2D eigenvalue weighted by atomic mass is 79.9. The van der Waals surface area contributed by atoms with Crippen molar-refractivity contribution in [1.82, 2.24) is 10.2 Å².